The quantitative estimate of drug-likeness (QED) is 0.233. The SMILES string of the molecule is O=C(O)/C(=C/c1cccc(OCc2ccc(Cl)cc2Cl)c1)Sc1nc2ccccc2[nH]1. The zero-order chi connectivity index (χ0) is 21.8. The number of aliphatic carboxylic acids is 1. The molecule has 0 fully saturated rings. The number of carbonyl (C=O) groups is 1. The number of nitrogens with one attached hydrogen (secondary N) is 1. The van der Waals surface area contributed by atoms with E-state index in [9.17, 15) is 9.90 Å². The van der Waals surface area contributed by atoms with Crippen LogP contribution in [0.5, 0.6) is 5.75 Å². The molecule has 156 valence electrons. The Labute approximate surface area is 192 Å². The molecule has 0 aliphatic carbocycles. The first kappa shape index (κ1) is 21.3. The average molecular weight is 471 g/mol. The molecule has 2 N–H and O–H groups in total. The summed E-state index contributed by atoms with van der Waals surface area (Å²) >= 11 is 13.2. The molecule has 0 bridgehead atoms. The van der Waals surface area contributed by atoms with Gasteiger partial charge in [-0.05, 0) is 59.8 Å². The van der Waals surface area contributed by atoms with Gasteiger partial charge in [0.2, 0.25) is 0 Å². The van der Waals surface area contributed by atoms with Gasteiger partial charge >= 0.3 is 5.97 Å². The molecular formula is C23H16Cl2N2O3S. The third-order valence-corrected chi connectivity index (χ3v) is 5.84. The molecular weight excluding hydrogens is 455 g/mol. The highest BCUT2D eigenvalue weighted by atomic mass is 35.5. The fourth-order valence-electron chi connectivity index (χ4n) is 2.86. The van der Waals surface area contributed by atoms with Crippen molar-refractivity contribution in [1.29, 1.82) is 0 Å². The number of aromatic amines is 1. The van der Waals surface area contributed by atoms with Crippen LogP contribution in [0.4, 0.5) is 0 Å². The van der Waals surface area contributed by atoms with E-state index in [0.717, 1.165) is 28.4 Å². The molecule has 0 aliphatic rings. The minimum absolute atomic E-state index is 0.136. The van der Waals surface area contributed by atoms with Crippen molar-refractivity contribution in [1.82, 2.24) is 9.97 Å². The van der Waals surface area contributed by atoms with E-state index in [0.29, 0.717) is 26.5 Å². The topological polar surface area (TPSA) is 75.2 Å². The minimum Gasteiger partial charge on any atom is -0.489 e. The lowest BCUT2D eigenvalue weighted by atomic mass is 10.2. The number of nitrogens with zero attached hydrogens (tertiary/aromatic N) is 1. The standard InChI is InChI=1S/C23H16Cl2N2O3S/c24-16-9-8-15(18(25)12-16)13-30-17-5-3-4-14(10-17)11-21(22(28)29)31-23-26-19-6-1-2-7-20(19)27-23/h1-12H,13H2,(H,26,27)(H,28,29)/b21-11-. The van der Waals surface area contributed by atoms with Crippen LogP contribution in [-0.2, 0) is 11.4 Å². The van der Waals surface area contributed by atoms with Crippen molar-refractivity contribution >= 4 is 58.0 Å². The smallest absolute Gasteiger partial charge is 0.342 e. The molecule has 5 nitrogen and oxygen atoms in total. The second kappa shape index (κ2) is 9.47. The van der Waals surface area contributed by atoms with Gasteiger partial charge in [0.25, 0.3) is 0 Å². The van der Waals surface area contributed by atoms with E-state index in [-0.39, 0.29) is 11.5 Å². The maximum atomic E-state index is 11.8. The predicted octanol–water partition coefficient (Wildman–Crippen LogP) is 6.67. The number of carboxylic acid groups (broad SMARTS) is 1. The molecule has 31 heavy (non-hydrogen) atoms. The van der Waals surface area contributed by atoms with Crippen LogP contribution in [0.15, 0.2) is 76.8 Å². The highest BCUT2D eigenvalue weighted by Gasteiger charge is 2.13. The summed E-state index contributed by atoms with van der Waals surface area (Å²) < 4.78 is 5.82. The van der Waals surface area contributed by atoms with Gasteiger partial charge in [-0.3, -0.25) is 0 Å². The van der Waals surface area contributed by atoms with Gasteiger partial charge in [-0.2, -0.15) is 0 Å². The molecule has 0 atom stereocenters. The summed E-state index contributed by atoms with van der Waals surface area (Å²) in [5.41, 5.74) is 3.14. The van der Waals surface area contributed by atoms with Crippen molar-refractivity contribution in [3.8, 4) is 5.75 Å². The summed E-state index contributed by atoms with van der Waals surface area (Å²) in [7, 11) is 0. The van der Waals surface area contributed by atoms with Gasteiger partial charge in [0.1, 0.15) is 17.3 Å². The summed E-state index contributed by atoms with van der Waals surface area (Å²) in [6.07, 6.45) is 1.59. The summed E-state index contributed by atoms with van der Waals surface area (Å²) in [6, 6.07) is 19.9. The Morgan fingerprint density at radius 3 is 2.71 bits per heavy atom. The predicted molar refractivity (Wildman–Crippen MR) is 125 cm³/mol. The van der Waals surface area contributed by atoms with Crippen LogP contribution >= 0.6 is 35.0 Å². The van der Waals surface area contributed by atoms with Crippen LogP contribution in [0.3, 0.4) is 0 Å². The van der Waals surface area contributed by atoms with Gasteiger partial charge in [0, 0.05) is 15.6 Å². The van der Waals surface area contributed by atoms with Crippen LogP contribution in [0.2, 0.25) is 10.0 Å². The highest BCUT2D eigenvalue weighted by Crippen LogP contribution is 2.29. The number of imidazole rings is 1. The maximum Gasteiger partial charge on any atom is 0.342 e. The number of rotatable bonds is 7. The number of hydrogen-bond acceptors (Lipinski definition) is 4. The Kier molecular flexibility index (Phi) is 6.51. The first-order valence-corrected chi connectivity index (χ1v) is 10.8. The molecule has 4 rings (SSSR count). The van der Waals surface area contributed by atoms with Gasteiger partial charge in [-0.1, -0.05) is 53.5 Å². The third kappa shape index (κ3) is 5.41. The number of ether oxygens (including phenoxy) is 1. The second-order valence-electron chi connectivity index (χ2n) is 6.57. The van der Waals surface area contributed by atoms with E-state index in [4.69, 9.17) is 27.9 Å². The monoisotopic (exact) mass is 470 g/mol. The van der Waals surface area contributed by atoms with Crippen LogP contribution in [0.25, 0.3) is 17.1 Å². The maximum absolute atomic E-state index is 11.8. The molecule has 3 aromatic carbocycles. The molecule has 0 saturated carbocycles. The van der Waals surface area contributed by atoms with Crippen molar-refractivity contribution < 1.29 is 14.6 Å². The number of fused-ring (bicyclic) bond motifs is 1. The number of aromatic nitrogens is 2. The Morgan fingerprint density at radius 2 is 1.94 bits per heavy atom. The molecule has 1 aromatic heterocycles. The molecule has 8 heteroatoms. The lowest BCUT2D eigenvalue weighted by Crippen LogP contribution is -1.98. The summed E-state index contributed by atoms with van der Waals surface area (Å²) in [4.78, 5) is 19.5. The Bertz CT molecular complexity index is 1250. The van der Waals surface area contributed by atoms with E-state index < -0.39 is 5.97 Å². The van der Waals surface area contributed by atoms with Crippen molar-refractivity contribution in [2.75, 3.05) is 0 Å². The largest absolute Gasteiger partial charge is 0.489 e. The number of benzene rings is 3. The average Bonchev–Trinajstić information content (AvgIpc) is 3.15. The van der Waals surface area contributed by atoms with Gasteiger partial charge in [-0.25, -0.2) is 9.78 Å². The van der Waals surface area contributed by atoms with Crippen molar-refractivity contribution in [2.24, 2.45) is 0 Å². The van der Waals surface area contributed by atoms with Gasteiger partial charge < -0.3 is 14.8 Å². The van der Waals surface area contributed by atoms with Crippen molar-refractivity contribution in [3.63, 3.8) is 0 Å². The Hall–Kier alpha value is -2.93. The molecule has 0 spiro atoms. The molecule has 1 heterocycles. The molecule has 0 amide bonds. The minimum atomic E-state index is -1.04. The zero-order valence-corrected chi connectivity index (χ0v) is 18.3. The first-order chi connectivity index (χ1) is 15.0. The van der Waals surface area contributed by atoms with Crippen LogP contribution in [0.1, 0.15) is 11.1 Å². The first-order valence-electron chi connectivity index (χ1n) is 9.22. The number of carboxylic acids is 1. The molecule has 0 radical (unpaired) electrons. The number of hydrogen-bond donors (Lipinski definition) is 2. The fourth-order valence-corrected chi connectivity index (χ4v) is 4.12. The molecule has 0 saturated heterocycles. The van der Waals surface area contributed by atoms with Crippen molar-refractivity contribution in [2.45, 2.75) is 11.8 Å². The molecule has 4 aromatic rings. The Balaban J connectivity index is 1.52. The van der Waals surface area contributed by atoms with Crippen LogP contribution < -0.4 is 4.74 Å². The number of para-hydroxylation sites is 2. The summed E-state index contributed by atoms with van der Waals surface area (Å²) in [5, 5.41) is 11.3. The van der Waals surface area contributed by atoms with Crippen LogP contribution in [0, 0.1) is 0 Å². The fraction of sp³-hybridized carbons (Fsp3) is 0.0435. The van der Waals surface area contributed by atoms with Gasteiger partial charge in [0.15, 0.2) is 5.16 Å². The summed E-state index contributed by atoms with van der Waals surface area (Å²) in [5.74, 6) is -0.442. The van der Waals surface area contributed by atoms with Gasteiger partial charge in [0.05, 0.1) is 11.0 Å². The highest BCUT2D eigenvalue weighted by molar-refractivity contribution is 8.04. The van der Waals surface area contributed by atoms with Gasteiger partial charge in [-0.15, -0.1) is 0 Å². The number of thioether (sulfide) groups is 1. The lowest BCUT2D eigenvalue weighted by molar-refractivity contribution is -0.131. The number of H-pyrrole nitrogens is 1. The normalized spacial score (nSPS) is 11.6. The Morgan fingerprint density at radius 1 is 1.10 bits per heavy atom. The van der Waals surface area contributed by atoms with E-state index in [1.165, 1.54) is 0 Å². The van der Waals surface area contributed by atoms with Crippen LogP contribution in [-0.4, -0.2) is 21.0 Å². The zero-order valence-electron chi connectivity index (χ0n) is 16.0. The second-order valence-corrected chi connectivity index (χ2v) is 8.45. The molecule has 0 unspecified atom stereocenters. The van der Waals surface area contributed by atoms with Crippen molar-refractivity contribution in [3.05, 3.63) is 92.8 Å². The van der Waals surface area contributed by atoms with E-state index in [1.807, 2.05) is 30.3 Å². The third-order valence-electron chi connectivity index (χ3n) is 4.35. The molecule has 0 aliphatic heterocycles. The summed E-state index contributed by atoms with van der Waals surface area (Å²) in [6.45, 7) is 0.267. The lowest BCUT2D eigenvalue weighted by Gasteiger charge is -2.09. The van der Waals surface area contributed by atoms with E-state index >= 15 is 0 Å². The van der Waals surface area contributed by atoms with E-state index in [1.54, 1.807) is 42.5 Å². The van der Waals surface area contributed by atoms with E-state index in [2.05, 4.69) is 9.97 Å². The number of halogens is 2.